The van der Waals surface area contributed by atoms with Crippen LogP contribution in [0, 0.1) is 5.92 Å². The van der Waals surface area contributed by atoms with Crippen molar-refractivity contribution in [2.45, 2.75) is 51.1 Å². The van der Waals surface area contributed by atoms with Gasteiger partial charge in [0.25, 0.3) is 0 Å². The van der Waals surface area contributed by atoms with Gasteiger partial charge in [0.2, 0.25) is 5.91 Å². The summed E-state index contributed by atoms with van der Waals surface area (Å²) in [5.74, 6) is -0.802. The highest BCUT2D eigenvalue weighted by Gasteiger charge is 2.47. The first-order chi connectivity index (χ1) is 18.9. The first kappa shape index (κ1) is 26.9. The Bertz CT molecular complexity index is 1290. The number of carboxylic acid groups (broad SMARTS) is 1. The van der Waals surface area contributed by atoms with E-state index >= 15 is 0 Å². The molecule has 3 aromatic rings. The maximum absolute atomic E-state index is 13.9. The summed E-state index contributed by atoms with van der Waals surface area (Å²) in [6, 6.07) is 11.5. The zero-order valence-corrected chi connectivity index (χ0v) is 22.8. The second kappa shape index (κ2) is 12.0. The third kappa shape index (κ3) is 5.98. The monoisotopic (exact) mass is 532 g/mol. The molecule has 2 aromatic heterocycles. The number of anilines is 1. The number of carboxylic acids is 1. The van der Waals surface area contributed by atoms with E-state index in [4.69, 9.17) is 4.74 Å². The van der Waals surface area contributed by atoms with Crippen molar-refractivity contribution in [3.8, 4) is 5.75 Å². The molecule has 0 bridgehead atoms. The SMILES string of the molecule is CCCCN(C(=O)CN1C[C@H](c2ccc3c(c2)CCO3)[C@@H](C(=O)O)[C@@H]1CCn1cccn1)c1ccc[n+](C)c1. The van der Waals surface area contributed by atoms with Crippen LogP contribution < -0.4 is 14.2 Å². The first-order valence-corrected chi connectivity index (χ1v) is 13.9. The second-order valence-corrected chi connectivity index (χ2v) is 10.6. The Labute approximate surface area is 229 Å². The number of pyridine rings is 1. The van der Waals surface area contributed by atoms with E-state index in [-0.39, 0.29) is 24.4 Å². The number of hydrogen-bond acceptors (Lipinski definition) is 5. The summed E-state index contributed by atoms with van der Waals surface area (Å²) in [7, 11) is 1.95. The van der Waals surface area contributed by atoms with Gasteiger partial charge in [-0.25, -0.2) is 4.57 Å². The largest absolute Gasteiger partial charge is 0.493 e. The lowest BCUT2D eigenvalue weighted by molar-refractivity contribution is -0.670. The van der Waals surface area contributed by atoms with E-state index in [2.05, 4.69) is 23.0 Å². The quantitative estimate of drug-likeness (QED) is 0.382. The molecule has 1 amide bonds. The van der Waals surface area contributed by atoms with Crippen molar-refractivity contribution in [1.29, 1.82) is 0 Å². The smallest absolute Gasteiger partial charge is 0.308 e. The number of rotatable bonds is 11. The number of aromatic nitrogens is 3. The number of fused-ring (bicyclic) bond motifs is 1. The molecule has 0 aliphatic carbocycles. The van der Waals surface area contributed by atoms with Crippen molar-refractivity contribution < 1.29 is 24.0 Å². The minimum atomic E-state index is -0.824. The molecule has 206 valence electrons. The van der Waals surface area contributed by atoms with Gasteiger partial charge in [-0.15, -0.1) is 0 Å². The average Bonchev–Trinajstić information content (AvgIpc) is 3.67. The number of aryl methyl sites for hydroxylation is 2. The van der Waals surface area contributed by atoms with E-state index in [1.165, 1.54) is 0 Å². The van der Waals surface area contributed by atoms with Gasteiger partial charge in [-0.1, -0.05) is 25.5 Å². The number of aliphatic carboxylic acids is 1. The van der Waals surface area contributed by atoms with Crippen LogP contribution in [-0.2, 0) is 29.6 Å². The third-order valence-electron chi connectivity index (χ3n) is 8.00. The number of carbonyl (C=O) groups is 2. The fraction of sp³-hybridized carbons (Fsp3) is 0.467. The number of carbonyl (C=O) groups excluding carboxylic acids is 1. The first-order valence-electron chi connectivity index (χ1n) is 13.9. The zero-order chi connectivity index (χ0) is 27.4. The Morgan fingerprint density at radius 3 is 2.87 bits per heavy atom. The van der Waals surface area contributed by atoms with Crippen LogP contribution in [0.2, 0.25) is 0 Å². The molecular formula is C30H38N5O4+. The summed E-state index contributed by atoms with van der Waals surface area (Å²) < 4.78 is 9.46. The number of ether oxygens (including phenoxy) is 1. The van der Waals surface area contributed by atoms with Crippen molar-refractivity contribution in [1.82, 2.24) is 14.7 Å². The van der Waals surface area contributed by atoms with Crippen LogP contribution in [0.4, 0.5) is 5.69 Å². The summed E-state index contributed by atoms with van der Waals surface area (Å²) in [5.41, 5.74) is 2.99. The fourth-order valence-electron chi connectivity index (χ4n) is 6.03. The number of likely N-dealkylation sites (tertiary alicyclic amines) is 1. The van der Waals surface area contributed by atoms with E-state index in [1.54, 1.807) is 6.20 Å². The number of benzene rings is 1. The van der Waals surface area contributed by atoms with Gasteiger partial charge in [0.15, 0.2) is 12.4 Å². The molecule has 1 saturated heterocycles. The highest BCUT2D eigenvalue weighted by atomic mass is 16.5. The van der Waals surface area contributed by atoms with Gasteiger partial charge in [0.1, 0.15) is 18.5 Å². The molecule has 0 radical (unpaired) electrons. The molecule has 0 spiro atoms. The zero-order valence-electron chi connectivity index (χ0n) is 22.8. The Morgan fingerprint density at radius 1 is 1.26 bits per heavy atom. The molecule has 0 saturated carbocycles. The van der Waals surface area contributed by atoms with Crippen molar-refractivity contribution >= 4 is 17.6 Å². The molecule has 1 fully saturated rings. The van der Waals surface area contributed by atoms with E-state index in [0.29, 0.717) is 32.7 Å². The molecule has 9 heteroatoms. The molecular weight excluding hydrogens is 494 g/mol. The van der Waals surface area contributed by atoms with Gasteiger partial charge in [-0.2, -0.15) is 5.10 Å². The second-order valence-electron chi connectivity index (χ2n) is 10.6. The maximum Gasteiger partial charge on any atom is 0.308 e. The molecule has 9 nitrogen and oxygen atoms in total. The molecule has 1 aromatic carbocycles. The van der Waals surface area contributed by atoms with E-state index in [1.807, 2.05) is 70.1 Å². The highest BCUT2D eigenvalue weighted by Crippen LogP contribution is 2.41. The molecule has 2 aliphatic rings. The molecule has 2 aliphatic heterocycles. The van der Waals surface area contributed by atoms with E-state index < -0.39 is 11.9 Å². The molecule has 4 heterocycles. The number of amides is 1. The normalized spacial score (nSPS) is 20.5. The van der Waals surface area contributed by atoms with Crippen LogP contribution in [0.3, 0.4) is 0 Å². The summed E-state index contributed by atoms with van der Waals surface area (Å²) in [4.78, 5) is 30.6. The van der Waals surface area contributed by atoms with Crippen LogP contribution in [0.1, 0.15) is 43.2 Å². The average molecular weight is 533 g/mol. The fourth-order valence-corrected chi connectivity index (χ4v) is 6.03. The lowest BCUT2D eigenvalue weighted by Gasteiger charge is -2.29. The van der Waals surface area contributed by atoms with Crippen molar-refractivity contribution in [3.63, 3.8) is 0 Å². The van der Waals surface area contributed by atoms with Crippen molar-refractivity contribution in [2.75, 3.05) is 31.1 Å². The molecule has 3 atom stereocenters. The van der Waals surface area contributed by atoms with Gasteiger partial charge in [0.05, 0.1) is 19.1 Å². The molecule has 5 rings (SSSR count). The molecule has 1 N–H and O–H groups in total. The van der Waals surface area contributed by atoms with Crippen LogP contribution in [0.15, 0.2) is 61.2 Å². The van der Waals surface area contributed by atoms with Crippen molar-refractivity contribution in [3.05, 3.63) is 72.3 Å². The predicted molar refractivity (Wildman–Crippen MR) is 147 cm³/mol. The van der Waals surface area contributed by atoms with Gasteiger partial charge in [-0.3, -0.25) is 19.2 Å². The Balaban J connectivity index is 1.43. The predicted octanol–water partition coefficient (Wildman–Crippen LogP) is 3.03. The lowest BCUT2D eigenvalue weighted by atomic mass is 9.83. The Kier molecular flexibility index (Phi) is 8.26. The molecule has 0 unspecified atom stereocenters. The standard InChI is InChI=1S/C30H37N5O4/c1-3-4-15-35(24-7-5-13-32(2)19-24)28(36)21-33-20-25(22-8-9-27-23(18-22)11-17-39-27)29(30(37)38)26(33)10-16-34-14-6-12-31-34/h5-9,12-14,18-19,25-26,29H,3-4,10-11,15-17,20-21H2,1-2H3/p+1/t25-,26+,29-/m1/s1. The van der Waals surface area contributed by atoms with Crippen LogP contribution in [0.5, 0.6) is 5.75 Å². The highest BCUT2D eigenvalue weighted by molar-refractivity contribution is 5.94. The molecule has 39 heavy (non-hydrogen) atoms. The summed E-state index contributed by atoms with van der Waals surface area (Å²) >= 11 is 0. The summed E-state index contributed by atoms with van der Waals surface area (Å²) in [5, 5.41) is 14.8. The van der Waals surface area contributed by atoms with E-state index in [9.17, 15) is 14.7 Å². The minimum Gasteiger partial charge on any atom is -0.493 e. The van der Waals surface area contributed by atoms with Crippen LogP contribution >= 0.6 is 0 Å². The van der Waals surface area contributed by atoms with Gasteiger partial charge in [-0.05, 0) is 42.2 Å². The number of unbranched alkanes of at least 4 members (excludes halogenated alkanes) is 1. The van der Waals surface area contributed by atoms with Gasteiger partial charge < -0.3 is 14.7 Å². The number of hydrogen-bond donors (Lipinski definition) is 1. The summed E-state index contributed by atoms with van der Waals surface area (Å²) in [6.07, 6.45) is 10.8. The topological polar surface area (TPSA) is 91.8 Å². The minimum absolute atomic E-state index is 0.00844. The Hall–Kier alpha value is -3.72. The third-order valence-corrected chi connectivity index (χ3v) is 8.00. The Morgan fingerprint density at radius 2 is 2.13 bits per heavy atom. The number of nitrogens with zero attached hydrogens (tertiary/aromatic N) is 5. The van der Waals surface area contributed by atoms with Gasteiger partial charge in [0, 0.05) is 56.5 Å². The van der Waals surface area contributed by atoms with Crippen LogP contribution in [0.25, 0.3) is 0 Å². The summed E-state index contributed by atoms with van der Waals surface area (Å²) in [6.45, 7) is 4.66. The van der Waals surface area contributed by atoms with Crippen molar-refractivity contribution in [2.24, 2.45) is 13.0 Å². The lowest BCUT2D eigenvalue weighted by Crippen LogP contribution is -2.45. The maximum atomic E-state index is 13.9. The van der Waals surface area contributed by atoms with E-state index in [0.717, 1.165) is 41.8 Å². The van der Waals surface area contributed by atoms with Gasteiger partial charge >= 0.3 is 5.97 Å². The van der Waals surface area contributed by atoms with Crippen LogP contribution in [-0.4, -0.2) is 63.9 Å².